The van der Waals surface area contributed by atoms with E-state index in [1.165, 1.54) is 16.7 Å². The molecule has 0 saturated heterocycles. The van der Waals surface area contributed by atoms with Gasteiger partial charge in [0.1, 0.15) is 11.9 Å². The van der Waals surface area contributed by atoms with Gasteiger partial charge in [0.25, 0.3) is 0 Å². The van der Waals surface area contributed by atoms with Crippen molar-refractivity contribution in [2.75, 3.05) is 27.7 Å². The number of guanidine groups is 1. The summed E-state index contributed by atoms with van der Waals surface area (Å²) >= 11 is 0. The predicted octanol–water partition coefficient (Wildman–Crippen LogP) is 2.42. The summed E-state index contributed by atoms with van der Waals surface area (Å²) in [6.45, 7) is 2.42. The Kier molecular flexibility index (Phi) is 6.12. The van der Waals surface area contributed by atoms with E-state index in [-0.39, 0.29) is 6.10 Å². The summed E-state index contributed by atoms with van der Waals surface area (Å²) in [6.07, 6.45) is 1.08. The van der Waals surface area contributed by atoms with Gasteiger partial charge < -0.3 is 20.3 Å². The SMILES string of the molecule is CN=C(NCc1cccc(CN(C)C)c1)NCC1Cc2ccccc2O1. The third kappa shape index (κ3) is 4.99. The van der Waals surface area contributed by atoms with E-state index in [0.717, 1.165) is 37.8 Å². The highest BCUT2D eigenvalue weighted by molar-refractivity contribution is 5.79. The lowest BCUT2D eigenvalue weighted by Gasteiger charge is -2.16. The molecular weight excluding hydrogens is 324 g/mol. The normalized spacial score (nSPS) is 16.3. The Labute approximate surface area is 156 Å². The fourth-order valence-corrected chi connectivity index (χ4v) is 3.19. The average Bonchev–Trinajstić information content (AvgIpc) is 3.04. The zero-order chi connectivity index (χ0) is 18.4. The van der Waals surface area contributed by atoms with Crippen LogP contribution >= 0.6 is 0 Å². The van der Waals surface area contributed by atoms with Gasteiger partial charge in [-0.05, 0) is 36.9 Å². The van der Waals surface area contributed by atoms with Crippen molar-refractivity contribution in [3.63, 3.8) is 0 Å². The van der Waals surface area contributed by atoms with Crippen LogP contribution in [-0.4, -0.2) is 44.7 Å². The van der Waals surface area contributed by atoms with Crippen LogP contribution in [0.1, 0.15) is 16.7 Å². The Balaban J connectivity index is 1.47. The first-order valence-electron chi connectivity index (χ1n) is 9.05. The van der Waals surface area contributed by atoms with E-state index >= 15 is 0 Å². The minimum absolute atomic E-state index is 0.148. The van der Waals surface area contributed by atoms with E-state index in [2.05, 4.69) is 71.0 Å². The molecule has 0 radical (unpaired) electrons. The van der Waals surface area contributed by atoms with E-state index in [0.29, 0.717) is 0 Å². The number of hydrogen-bond donors (Lipinski definition) is 2. The van der Waals surface area contributed by atoms with Gasteiger partial charge in [-0.2, -0.15) is 0 Å². The highest BCUT2D eigenvalue weighted by Gasteiger charge is 2.22. The molecule has 2 aromatic rings. The highest BCUT2D eigenvalue weighted by atomic mass is 16.5. The van der Waals surface area contributed by atoms with E-state index in [9.17, 15) is 0 Å². The summed E-state index contributed by atoms with van der Waals surface area (Å²) in [7, 11) is 5.96. The Morgan fingerprint density at radius 2 is 1.92 bits per heavy atom. The maximum absolute atomic E-state index is 5.97. The van der Waals surface area contributed by atoms with E-state index in [1.807, 2.05) is 12.1 Å². The Hall–Kier alpha value is -2.53. The summed E-state index contributed by atoms with van der Waals surface area (Å²) < 4.78 is 5.97. The predicted molar refractivity (Wildman–Crippen MR) is 107 cm³/mol. The number of fused-ring (bicyclic) bond motifs is 1. The molecule has 2 N–H and O–H groups in total. The topological polar surface area (TPSA) is 48.9 Å². The summed E-state index contributed by atoms with van der Waals surface area (Å²) in [4.78, 5) is 6.49. The maximum atomic E-state index is 5.97. The van der Waals surface area contributed by atoms with Crippen molar-refractivity contribution < 1.29 is 4.74 Å². The van der Waals surface area contributed by atoms with Crippen molar-refractivity contribution in [2.24, 2.45) is 4.99 Å². The molecule has 3 rings (SSSR count). The van der Waals surface area contributed by atoms with Crippen LogP contribution in [0.25, 0.3) is 0 Å². The monoisotopic (exact) mass is 352 g/mol. The number of rotatable bonds is 6. The number of para-hydroxylation sites is 1. The van der Waals surface area contributed by atoms with Crippen LogP contribution < -0.4 is 15.4 Å². The fraction of sp³-hybridized carbons (Fsp3) is 0.381. The lowest BCUT2D eigenvalue weighted by Crippen LogP contribution is -2.41. The Bertz CT molecular complexity index is 732. The van der Waals surface area contributed by atoms with Gasteiger partial charge in [0, 0.05) is 26.6 Å². The summed E-state index contributed by atoms with van der Waals surface area (Å²) in [5.74, 6) is 1.79. The largest absolute Gasteiger partial charge is 0.488 e. The molecule has 138 valence electrons. The molecule has 1 atom stereocenters. The van der Waals surface area contributed by atoms with Crippen LogP contribution in [0.3, 0.4) is 0 Å². The van der Waals surface area contributed by atoms with Gasteiger partial charge in [0.15, 0.2) is 5.96 Å². The van der Waals surface area contributed by atoms with Crippen LogP contribution in [0.4, 0.5) is 0 Å². The molecule has 0 spiro atoms. The van der Waals surface area contributed by atoms with Gasteiger partial charge in [-0.3, -0.25) is 4.99 Å². The molecule has 0 saturated carbocycles. The van der Waals surface area contributed by atoms with Gasteiger partial charge in [-0.25, -0.2) is 0 Å². The molecule has 0 bridgehead atoms. The zero-order valence-corrected chi connectivity index (χ0v) is 15.8. The van der Waals surface area contributed by atoms with Crippen molar-refractivity contribution >= 4 is 5.96 Å². The molecule has 1 heterocycles. The molecule has 0 fully saturated rings. The lowest BCUT2D eigenvalue weighted by atomic mass is 10.1. The molecule has 0 aromatic heterocycles. The van der Waals surface area contributed by atoms with Gasteiger partial charge in [0.05, 0.1) is 6.54 Å². The van der Waals surface area contributed by atoms with Crippen LogP contribution in [0.5, 0.6) is 5.75 Å². The van der Waals surface area contributed by atoms with Crippen LogP contribution in [0, 0.1) is 0 Å². The van der Waals surface area contributed by atoms with Gasteiger partial charge >= 0.3 is 0 Å². The minimum atomic E-state index is 0.148. The zero-order valence-electron chi connectivity index (χ0n) is 15.8. The number of hydrogen-bond acceptors (Lipinski definition) is 3. The molecule has 26 heavy (non-hydrogen) atoms. The smallest absolute Gasteiger partial charge is 0.191 e. The van der Waals surface area contributed by atoms with Crippen molar-refractivity contribution in [1.82, 2.24) is 15.5 Å². The highest BCUT2D eigenvalue weighted by Crippen LogP contribution is 2.27. The first-order chi connectivity index (χ1) is 12.6. The second-order valence-corrected chi connectivity index (χ2v) is 6.92. The fourth-order valence-electron chi connectivity index (χ4n) is 3.19. The van der Waals surface area contributed by atoms with E-state index in [4.69, 9.17) is 4.74 Å². The second-order valence-electron chi connectivity index (χ2n) is 6.92. The number of ether oxygens (including phenoxy) is 1. The molecule has 1 aliphatic heterocycles. The first kappa shape index (κ1) is 18.3. The molecule has 1 unspecified atom stereocenters. The van der Waals surface area contributed by atoms with Gasteiger partial charge in [0.2, 0.25) is 0 Å². The van der Waals surface area contributed by atoms with Crippen molar-refractivity contribution in [3.8, 4) is 5.75 Å². The number of benzene rings is 2. The lowest BCUT2D eigenvalue weighted by molar-refractivity contribution is 0.235. The Morgan fingerprint density at radius 1 is 1.12 bits per heavy atom. The molecule has 0 amide bonds. The maximum Gasteiger partial charge on any atom is 0.191 e. The quantitative estimate of drug-likeness (QED) is 0.619. The van der Waals surface area contributed by atoms with Crippen molar-refractivity contribution in [2.45, 2.75) is 25.6 Å². The van der Waals surface area contributed by atoms with E-state index in [1.54, 1.807) is 7.05 Å². The summed E-state index contributed by atoms with van der Waals surface area (Å²) in [6, 6.07) is 16.9. The minimum Gasteiger partial charge on any atom is -0.488 e. The summed E-state index contributed by atoms with van der Waals surface area (Å²) in [5.41, 5.74) is 3.84. The standard InChI is InChI=1S/C21H28N4O/c1-22-21(23-13-16-7-6-8-17(11-16)15-25(2)3)24-14-19-12-18-9-4-5-10-20(18)26-19/h4-11,19H,12-15H2,1-3H3,(H2,22,23,24). The third-order valence-electron chi connectivity index (χ3n) is 4.38. The van der Waals surface area contributed by atoms with E-state index < -0.39 is 0 Å². The van der Waals surface area contributed by atoms with Gasteiger partial charge in [-0.1, -0.05) is 42.5 Å². The molecular formula is C21H28N4O. The molecule has 2 aromatic carbocycles. The van der Waals surface area contributed by atoms with Gasteiger partial charge in [-0.15, -0.1) is 0 Å². The molecule has 5 heteroatoms. The average molecular weight is 352 g/mol. The molecule has 5 nitrogen and oxygen atoms in total. The molecule has 0 aliphatic carbocycles. The van der Waals surface area contributed by atoms with Crippen LogP contribution in [-0.2, 0) is 19.5 Å². The van der Waals surface area contributed by atoms with Crippen LogP contribution in [0.15, 0.2) is 53.5 Å². The summed E-state index contributed by atoms with van der Waals surface area (Å²) in [5, 5.41) is 6.75. The first-order valence-corrected chi connectivity index (χ1v) is 9.05. The number of nitrogens with zero attached hydrogens (tertiary/aromatic N) is 2. The van der Waals surface area contributed by atoms with Crippen molar-refractivity contribution in [1.29, 1.82) is 0 Å². The third-order valence-corrected chi connectivity index (χ3v) is 4.38. The number of nitrogens with one attached hydrogen (secondary N) is 2. The Morgan fingerprint density at radius 3 is 2.69 bits per heavy atom. The second kappa shape index (κ2) is 8.72. The van der Waals surface area contributed by atoms with Crippen LogP contribution in [0.2, 0.25) is 0 Å². The molecule has 1 aliphatic rings. The number of aliphatic imine (C=N–C) groups is 1. The van der Waals surface area contributed by atoms with Crippen molar-refractivity contribution in [3.05, 3.63) is 65.2 Å².